The van der Waals surface area contributed by atoms with Gasteiger partial charge in [0.2, 0.25) is 0 Å². The molecule has 2 aromatic rings. The second kappa shape index (κ2) is 3.73. The fraction of sp³-hybridized carbons (Fsp3) is 0.100. The van der Waals surface area contributed by atoms with Gasteiger partial charge in [-0.15, -0.1) is 0 Å². The summed E-state index contributed by atoms with van der Waals surface area (Å²) in [5, 5.41) is 0.337. The van der Waals surface area contributed by atoms with E-state index in [-0.39, 0.29) is 4.90 Å². The zero-order valence-corrected chi connectivity index (χ0v) is 9.23. The van der Waals surface area contributed by atoms with Crippen molar-refractivity contribution in [3.8, 4) is 5.75 Å². The van der Waals surface area contributed by atoms with Crippen molar-refractivity contribution in [3.63, 3.8) is 0 Å². The number of fused-ring (bicyclic) bond motifs is 1. The van der Waals surface area contributed by atoms with Gasteiger partial charge in [0.1, 0.15) is 10.6 Å². The molecule has 0 atom stereocenters. The molecule has 1 heterocycles. The Morgan fingerprint density at radius 2 is 2.06 bits per heavy atom. The minimum Gasteiger partial charge on any atom is -0.497 e. The summed E-state index contributed by atoms with van der Waals surface area (Å²) in [5.74, 6) is 0.505. The summed E-state index contributed by atoms with van der Waals surface area (Å²) in [7, 11) is -2.77. The third kappa shape index (κ3) is 1.84. The maximum Gasteiger partial charge on any atom is 0.295 e. The number of methoxy groups -OCH3 is 1. The van der Waals surface area contributed by atoms with Gasteiger partial charge in [-0.2, -0.15) is 8.42 Å². The van der Waals surface area contributed by atoms with Gasteiger partial charge < -0.3 is 4.74 Å². The number of hydrogen-bond donors (Lipinski definition) is 1. The van der Waals surface area contributed by atoms with Gasteiger partial charge >= 0.3 is 0 Å². The maximum absolute atomic E-state index is 11.1. The monoisotopic (exact) mass is 239 g/mol. The van der Waals surface area contributed by atoms with Gasteiger partial charge in [-0.25, -0.2) is 0 Å². The smallest absolute Gasteiger partial charge is 0.295 e. The fourth-order valence-electron chi connectivity index (χ4n) is 1.45. The quantitative estimate of drug-likeness (QED) is 0.803. The van der Waals surface area contributed by atoms with E-state index >= 15 is 0 Å². The molecule has 0 bridgehead atoms. The zero-order chi connectivity index (χ0) is 11.8. The normalized spacial score (nSPS) is 11.6. The molecular weight excluding hydrogens is 230 g/mol. The van der Waals surface area contributed by atoms with E-state index in [1.54, 1.807) is 12.1 Å². The molecule has 0 amide bonds. The largest absolute Gasteiger partial charge is 0.497 e. The molecule has 0 fully saturated rings. The highest BCUT2D eigenvalue weighted by atomic mass is 32.2. The molecule has 0 saturated carbocycles. The van der Waals surface area contributed by atoms with Crippen molar-refractivity contribution in [2.24, 2.45) is 0 Å². The number of pyridine rings is 1. The lowest BCUT2D eigenvalue weighted by molar-refractivity contribution is 0.415. The molecule has 5 nitrogen and oxygen atoms in total. The van der Waals surface area contributed by atoms with Crippen LogP contribution in [0.3, 0.4) is 0 Å². The van der Waals surface area contributed by atoms with Crippen LogP contribution in [0.2, 0.25) is 0 Å². The van der Waals surface area contributed by atoms with E-state index in [1.165, 1.54) is 25.4 Å². The van der Waals surface area contributed by atoms with E-state index in [1.807, 2.05) is 0 Å². The average Bonchev–Trinajstić information content (AvgIpc) is 2.26. The lowest BCUT2D eigenvalue weighted by Crippen LogP contribution is -1.99. The second-order valence-corrected chi connectivity index (χ2v) is 4.56. The molecule has 0 unspecified atom stereocenters. The Bertz CT molecular complexity index is 636. The minimum absolute atomic E-state index is 0.170. The Morgan fingerprint density at radius 1 is 1.31 bits per heavy atom. The van der Waals surface area contributed by atoms with E-state index in [0.29, 0.717) is 16.7 Å². The van der Waals surface area contributed by atoms with E-state index in [2.05, 4.69) is 4.98 Å². The summed E-state index contributed by atoms with van der Waals surface area (Å²) >= 11 is 0. The van der Waals surface area contributed by atoms with Crippen LogP contribution >= 0.6 is 0 Å². The minimum atomic E-state index is -4.25. The Labute approximate surface area is 92.4 Å². The van der Waals surface area contributed by atoms with Crippen molar-refractivity contribution < 1.29 is 17.7 Å². The molecule has 1 N–H and O–H groups in total. The molecule has 1 aromatic carbocycles. The van der Waals surface area contributed by atoms with Crippen LogP contribution in [-0.2, 0) is 10.1 Å². The van der Waals surface area contributed by atoms with Gasteiger partial charge in [0.15, 0.2) is 0 Å². The number of aromatic nitrogens is 1. The predicted octanol–water partition coefficient (Wildman–Crippen LogP) is 1.49. The first-order valence-electron chi connectivity index (χ1n) is 4.42. The number of benzene rings is 1. The van der Waals surface area contributed by atoms with Gasteiger partial charge in [0, 0.05) is 11.6 Å². The van der Waals surface area contributed by atoms with Crippen molar-refractivity contribution in [2.45, 2.75) is 4.90 Å². The third-order valence-corrected chi connectivity index (χ3v) is 3.10. The van der Waals surface area contributed by atoms with Crippen LogP contribution in [-0.4, -0.2) is 25.1 Å². The highest BCUT2D eigenvalue weighted by Crippen LogP contribution is 2.25. The van der Waals surface area contributed by atoms with Crippen LogP contribution in [0.1, 0.15) is 0 Å². The molecule has 0 aliphatic carbocycles. The highest BCUT2D eigenvalue weighted by Gasteiger charge is 2.14. The summed E-state index contributed by atoms with van der Waals surface area (Å²) < 4.78 is 36.3. The summed E-state index contributed by atoms with van der Waals surface area (Å²) in [5.41, 5.74) is 0.482. The Morgan fingerprint density at radius 3 is 2.69 bits per heavy atom. The molecule has 0 spiro atoms. The van der Waals surface area contributed by atoms with Crippen molar-refractivity contribution in [1.82, 2.24) is 4.98 Å². The SMILES string of the molecule is COc1ccc2nccc(S(=O)(=O)O)c2c1. The van der Waals surface area contributed by atoms with Crippen LogP contribution in [0.5, 0.6) is 5.75 Å². The van der Waals surface area contributed by atoms with E-state index in [4.69, 9.17) is 9.29 Å². The summed E-state index contributed by atoms with van der Waals surface area (Å²) in [6, 6.07) is 6.06. The first-order valence-corrected chi connectivity index (χ1v) is 5.86. The van der Waals surface area contributed by atoms with Gasteiger partial charge in [-0.1, -0.05) is 0 Å². The standard InChI is InChI=1S/C10H9NO4S/c1-15-7-2-3-9-8(6-7)10(4-5-11-9)16(12,13)14/h2-6H,1H3,(H,12,13,14). The van der Waals surface area contributed by atoms with Gasteiger partial charge in [-0.3, -0.25) is 9.54 Å². The molecule has 0 saturated heterocycles. The average molecular weight is 239 g/mol. The molecule has 0 radical (unpaired) electrons. The van der Waals surface area contributed by atoms with E-state index < -0.39 is 10.1 Å². The molecule has 6 heteroatoms. The Balaban J connectivity index is 2.85. The van der Waals surface area contributed by atoms with Gasteiger partial charge in [0.05, 0.1) is 12.6 Å². The van der Waals surface area contributed by atoms with Gasteiger partial charge in [0.25, 0.3) is 10.1 Å². The lowest BCUT2D eigenvalue weighted by Gasteiger charge is -2.05. The molecule has 16 heavy (non-hydrogen) atoms. The van der Waals surface area contributed by atoms with Crippen LogP contribution in [0.25, 0.3) is 10.9 Å². The van der Waals surface area contributed by atoms with Crippen LogP contribution in [0.4, 0.5) is 0 Å². The van der Waals surface area contributed by atoms with Crippen LogP contribution < -0.4 is 4.74 Å². The number of hydrogen-bond acceptors (Lipinski definition) is 4. The van der Waals surface area contributed by atoms with Crippen molar-refractivity contribution in [2.75, 3.05) is 7.11 Å². The maximum atomic E-state index is 11.1. The Kier molecular flexibility index (Phi) is 2.53. The van der Waals surface area contributed by atoms with Crippen LogP contribution in [0, 0.1) is 0 Å². The summed E-state index contributed by atoms with van der Waals surface area (Å²) in [6.45, 7) is 0. The first-order chi connectivity index (χ1) is 7.52. The van der Waals surface area contributed by atoms with Crippen molar-refractivity contribution in [3.05, 3.63) is 30.5 Å². The van der Waals surface area contributed by atoms with Gasteiger partial charge in [-0.05, 0) is 24.3 Å². The molecule has 1 aromatic heterocycles. The highest BCUT2D eigenvalue weighted by molar-refractivity contribution is 7.86. The number of ether oxygens (including phenoxy) is 1. The Hall–Kier alpha value is -1.66. The van der Waals surface area contributed by atoms with Crippen molar-refractivity contribution >= 4 is 21.0 Å². The third-order valence-electron chi connectivity index (χ3n) is 2.19. The van der Waals surface area contributed by atoms with Crippen LogP contribution in [0.15, 0.2) is 35.4 Å². The first kappa shape index (κ1) is 10.8. The molecule has 0 aliphatic rings. The molecule has 84 valence electrons. The fourth-order valence-corrected chi connectivity index (χ4v) is 2.13. The lowest BCUT2D eigenvalue weighted by atomic mass is 10.2. The molecule has 2 rings (SSSR count). The predicted molar refractivity (Wildman–Crippen MR) is 58.1 cm³/mol. The number of nitrogens with zero attached hydrogens (tertiary/aromatic N) is 1. The second-order valence-electron chi connectivity index (χ2n) is 3.17. The number of rotatable bonds is 2. The topological polar surface area (TPSA) is 76.5 Å². The summed E-state index contributed by atoms with van der Waals surface area (Å²) in [6.07, 6.45) is 1.33. The molecule has 0 aliphatic heterocycles. The molecular formula is C10H9NO4S. The van der Waals surface area contributed by atoms with Crippen molar-refractivity contribution in [1.29, 1.82) is 0 Å². The zero-order valence-electron chi connectivity index (χ0n) is 8.41. The summed E-state index contributed by atoms with van der Waals surface area (Å²) in [4.78, 5) is 3.83. The van der Waals surface area contributed by atoms with E-state index in [9.17, 15) is 8.42 Å². The van der Waals surface area contributed by atoms with E-state index in [0.717, 1.165) is 0 Å².